The summed E-state index contributed by atoms with van der Waals surface area (Å²) in [4.78, 5) is 1.38. The molecule has 1 heterocycles. The van der Waals surface area contributed by atoms with Crippen LogP contribution in [0.1, 0.15) is 11.6 Å². The number of nitrogens with one attached hydrogen (secondary N) is 1. The van der Waals surface area contributed by atoms with Gasteiger partial charge in [0.05, 0.1) is 19.2 Å². The molecule has 2 rings (SSSR count). The number of alkyl halides is 3. The van der Waals surface area contributed by atoms with E-state index in [-0.39, 0.29) is 16.3 Å². The summed E-state index contributed by atoms with van der Waals surface area (Å²) in [7, 11) is 2.76. The third-order valence-electron chi connectivity index (χ3n) is 3.64. The third-order valence-corrected chi connectivity index (χ3v) is 4.03. The summed E-state index contributed by atoms with van der Waals surface area (Å²) >= 11 is 6.17. The molecule has 1 aliphatic rings. The number of benzene rings is 1. The Kier molecular flexibility index (Phi) is 5.41. The Hall–Kier alpha value is -1.18. The van der Waals surface area contributed by atoms with Crippen LogP contribution in [0, 0.1) is 0 Å². The Bertz CT molecular complexity index is 520. The maximum Gasteiger partial charge on any atom is 0.408 e. The van der Waals surface area contributed by atoms with Crippen molar-refractivity contribution in [1.29, 1.82) is 0 Å². The Balaban J connectivity index is 2.48. The molecule has 22 heavy (non-hydrogen) atoms. The Morgan fingerprint density at radius 3 is 2.32 bits per heavy atom. The fraction of sp³-hybridized carbons (Fsp3) is 0.571. The van der Waals surface area contributed by atoms with E-state index < -0.39 is 12.2 Å². The highest BCUT2D eigenvalue weighted by atomic mass is 35.5. The largest absolute Gasteiger partial charge is 0.493 e. The van der Waals surface area contributed by atoms with Gasteiger partial charge in [-0.2, -0.15) is 13.2 Å². The number of halogens is 4. The Morgan fingerprint density at radius 1 is 1.18 bits per heavy atom. The lowest BCUT2D eigenvalue weighted by atomic mass is 10.0. The van der Waals surface area contributed by atoms with Crippen LogP contribution in [0.3, 0.4) is 0 Å². The first-order chi connectivity index (χ1) is 10.4. The third kappa shape index (κ3) is 3.42. The standard InChI is InChI=1S/C14H18ClF3N2O2/c1-21-10-4-3-9(11(15)12(10)22-2)13(14(16,17)18)20-7-5-19-6-8-20/h3-4,13,19H,5-8H2,1-2H3/t13-/m1/s1. The van der Waals surface area contributed by atoms with Crippen LogP contribution in [0.5, 0.6) is 11.5 Å². The SMILES string of the molecule is COc1ccc([C@@H](N2CCNCC2)C(F)(F)F)c(Cl)c1OC. The summed E-state index contributed by atoms with van der Waals surface area (Å²) in [5.41, 5.74) is -0.0197. The van der Waals surface area contributed by atoms with E-state index in [2.05, 4.69) is 5.32 Å². The zero-order valence-corrected chi connectivity index (χ0v) is 13.1. The van der Waals surface area contributed by atoms with Crippen LogP contribution in [0.4, 0.5) is 13.2 Å². The number of ether oxygens (including phenoxy) is 2. The zero-order valence-electron chi connectivity index (χ0n) is 12.3. The van der Waals surface area contributed by atoms with Gasteiger partial charge in [0.2, 0.25) is 0 Å². The molecule has 1 aromatic rings. The number of hydrogen-bond donors (Lipinski definition) is 1. The molecule has 1 aromatic carbocycles. The molecular weight excluding hydrogens is 321 g/mol. The Labute approximate surface area is 132 Å². The first kappa shape index (κ1) is 17.2. The average Bonchev–Trinajstić information content (AvgIpc) is 2.48. The van der Waals surface area contributed by atoms with Crippen LogP contribution in [0.2, 0.25) is 5.02 Å². The van der Waals surface area contributed by atoms with Gasteiger partial charge in [-0.3, -0.25) is 4.90 Å². The van der Waals surface area contributed by atoms with Gasteiger partial charge in [0, 0.05) is 31.7 Å². The van der Waals surface area contributed by atoms with Gasteiger partial charge in [0.1, 0.15) is 6.04 Å². The lowest BCUT2D eigenvalue weighted by Crippen LogP contribution is -2.49. The number of hydrogen-bond acceptors (Lipinski definition) is 4. The second-order valence-corrected chi connectivity index (χ2v) is 5.31. The van der Waals surface area contributed by atoms with Gasteiger partial charge in [0.15, 0.2) is 11.5 Å². The van der Waals surface area contributed by atoms with Crippen LogP contribution in [0.15, 0.2) is 12.1 Å². The molecular formula is C14H18ClF3N2O2. The molecule has 0 saturated carbocycles. The van der Waals surface area contributed by atoms with Crippen molar-refractivity contribution in [1.82, 2.24) is 10.2 Å². The molecule has 1 aliphatic heterocycles. The van der Waals surface area contributed by atoms with Crippen LogP contribution in [-0.2, 0) is 0 Å². The lowest BCUT2D eigenvalue weighted by Gasteiger charge is -2.36. The summed E-state index contributed by atoms with van der Waals surface area (Å²) in [5, 5.41) is 2.97. The van der Waals surface area contributed by atoms with Crippen molar-refractivity contribution in [2.45, 2.75) is 12.2 Å². The normalized spacial score (nSPS) is 18.1. The number of nitrogens with zero attached hydrogens (tertiary/aromatic N) is 1. The molecule has 0 aliphatic carbocycles. The predicted octanol–water partition coefficient (Wildman–Crippen LogP) is 2.87. The van der Waals surface area contributed by atoms with E-state index in [4.69, 9.17) is 21.1 Å². The predicted molar refractivity (Wildman–Crippen MR) is 77.8 cm³/mol. The fourth-order valence-corrected chi connectivity index (χ4v) is 2.97. The Morgan fingerprint density at radius 2 is 1.82 bits per heavy atom. The monoisotopic (exact) mass is 338 g/mol. The maximum atomic E-state index is 13.6. The van der Waals surface area contributed by atoms with Crippen molar-refractivity contribution < 1.29 is 22.6 Å². The molecule has 1 N–H and O–H groups in total. The smallest absolute Gasteiger partial charge is 0.408 e. The van der Waals surface area contributed by atoms with Gasteiger partial charge >= 0.3 is 6.18 Å². The zero-order chi connectivity index (χ0) is 16.3. The lowest BCUT2D eigenvalue weighted by molar-refractivity contribution is -0.187. The minimum atomic E-state index is -4.43. The molecule has 8 heteroatoms. The van der Waals surface area contributed by atoms with E-state index in [9.17, 15) is 13.2 Å². The van der Waals surface area contributed by atoms with Gasteiger partial charge in [-0.05, 0) is 6.07 Å². The van der Waals surface area contributed by atoms with Crippen LogP contribution < -0.4 is 14.8 Å². The molecule has 0 spiro atoms. The van der Waals surface area contributed by atoms with Crippen molar-refractivity contribution in [2.24, 2.45) is 0 Å². The molecule has 124 valence electrons. The van der Waals surface area contributed by atoms with Crippen LogP contribution in [0.25, 0.3) is 0 Å². The molecule has 0 amide bonds. The minimum Gasteiger partial charge on any atom is -0.493 e. The van der Waals surface area contributed by atoms with E-state index >= 15 is 0 Å². The summed E-state index contributed by atoms with van der Waals surface area (Å²) < 4.78 is 51.0. The van der Waals surface area contributed by atoms with Gasteiger partial charge in [0.25, 0.3) is 0 Å². The summed E-state index contributed by atoms with van der Waals surface area (Å²) in [6.07, 6.45) is -4.43. The van der Waals surface area contributed by atoms with Crippen molar-refractivity contribution in [3.63, 3.8) is 0 Å². The van der Waals surface area contributed by atoms with Gasteiger partial charge in [-0.15, -0.1) is 0 Å². The van der Waals surface area contributed by atoms with Crippen molar-refractivity contribution in [3.8, 4) is 11.5 Å². The van der Waals surface area contributed by atoms with Gasteiger partial charge < -0.3 is 14.8 Å². The van der Waals surface area contributed by atoms with Crippen molar-refractivity contribution in [3.05, 3.63) is 22.7 Å². The fourth-order valence-electron chi connectivity index (χ4n) is 2.64. The molecule has 0 aromatic heterocycles. The van der Waals surface area contributed by atoms with Crippen molar-refractivity contribution >= 4 is 11.6 Å². The van der Waals surface area contributed by atoms with E-state index in [0.717, 1.165) is 0 Å². The number of methoxy groups -OCH3 is 2. The highest BCUT2D eigenvalue weighted by Crippen LogP contribution is 2.46. The molecule has 4 nitrogen and oxygen atoms in total. The average molecular weight is 339 g/mol. The van der Waals surface area contributed by atoms with Crippen LogP contribution >= 0.6 is 11.6 Å². The first-order valence-electron chi connectivity index (χ1n) is 6.82. The summed E-state index contributed by atoms with van der Waals surface area (Å²) in [6, 6.07) is 1.03. The summed E-state index contributed by atoms with van der Waals surface area (Å²) in [6.45, 7) is 1.62. The van der Waals surface area contributed by atoms with E-state index in [0.29, 0.717) is 31.9 Å². The molecule has 0 unspecified atom stereocenters. The van der Waals surface area contributed by atoms with E-state index in [1.165, 1.54) is 31.3 Å². The van der Waals surface area contributed by atoms with Gasteiger partial charge in [-0.25, -0.2) is 0 Å². The molecule has 1 saturated heterocycles. The number of rotatable bonds is 4. The molecule has 1 atom stereocenters. The topological polar surface area (TPSA) is 33.7 Å². The summed E-state index contributed by atoms with van der Waals surface area (Å²) in [5.74, 6) is 0.420. The first-order valence-corrected chi connectivity index (χ1v) is 7.19. The maximum absolute atomic E-state index is 13.6. The highest BCUT2D eigenvalue weighted by Gasteiger charge is 2.46. The second-order valence-electron chi connectivity index (χ2n) is 4.93. The highest BCUT2D eigenvalue weighted by molar-refractivity contribution is 6.33. The second kappa shape index (κ2) is 6.93. The van der Waals surface area contributed by atoms with E-state index in [1.54, 1.807) is 0 Å². The molecule has 0 bridgehead atoms. The number of piperazine rings is 1. The van der Waals surface area contributed by atoms with Crippen LogP contribution in [-0.4, -0.2) is 51.5 Å². The quantitative estimate of drug-likeness (QED) is 0.915. The minimum absolute atomic E-state index is 0.0197. The molecule has 0 radical (unpaired) electrons. The van der Waals surface area contributed by atoms with Crippen molar-refractivity contribution in [2.75, 3.05) is 40.4 Å². The van der Waals surface area contributed by atoms with E-state index in [1.807, 2.05) is 0 Å². The van der Waals surface area contributed by atoms with Gasteiger partial charge in [-0.1, -0.05) is 17.7 Å². The molecule has 1 fully saturated rings.